The number of hydrogen-bond donors (Lipinski definition) is 2. The number of aliphatic imine (C=N–C) groups is 1. The molecule has 3 rings (SSSR count). The Morgan fingerprint density at radius 1 is 1.21 bits per heavy atom. The van der Waals surface area contributed by atoms with Crippen molar-refractivity contribution in [1.29, 1.82) is 0 Å². The van der Waals surface area contributed by atoms with Gasteiger partial charge in [-0.15, -0.1) is 0 Å². The van der Waals surface area contributed by atoms with Crippen LogP contribution in [0.1, 0.15) is 24.2 Å². The molecular weight excluding hydrogens is 357 g/mol. The van der Waals surface area contributed by atoms with Gasteiger partial charge in [-0.2, -0.15) is 0 Å². The second kappa shape index (κ2) is 10.7. The molecule has 0 spiro atoms. The maximum atomic E-state index is 13.8. The van der Waals surface area contributed by atoms with E-state index in [4.69, 9.17) is 4.74 Å². The number of hydrogen-bond acceptors (Lipinski definition) is 4. The molecule has 1 aromatic carbocycles. The van der Waals surface area contributed by atoms with Crippen molar-refractivity contribution >= 4 is 5.96 Å². The van der Waals surface area contributed by atoms with Crippen LogP contribution in [0.2, 0.25) is 0 Å². The zero-order valence-corrected chi connectivity index (χ0v) is 16.3. The number of nitrogens with zero attached hydrogens (tertiary/aromatic N) is 3. The molecule has 1 aliphatic heterocycles. The first-order valence-corrected chi connectivity index (χ1v) is 9.75. The first-order valence-electron chi connectivity index (χ1n) is 9.75. The fourth-order valence-electron chi connectivity index (χ4n) is 3.25. The average molecular weight is 385 g/mol. The Morgan fingerprint density at radius 3 is 2.79 bits per heavy atom. The third kappa shape index (κ3) is 6.00. The molecule has 1 aromatic heterocycles. The highest BCUT2D eigenvalue weighted by Gasteiger charge is 2.23. The lowest BCUT2D eigenvalue weighted by Crippen LogP contribution is -2.46. The zero-order chi connectivity index (χ0) is 19.6. The first-order chi connectivity index (χ1) is 13.8. The van der Waals surface area contributed by atoms with Crippen LogP contribution in [0.3, 0.4) is 0 Å². The third-order valence-corrected chi connectivity index (χ3v) is 4.65. The summed E-state index contributed by atoms with van der Waals surface area (Å²) in [5.74, 6) is 0.509. The van der Waals surface area contributed by atoms with Crippen molar-refractivity contribution in [3.05, 3.63) is 65.7 Å². The van der Waals surface area contributed by atoms with E-state index in [1.54, 1.807) is 18.3 Å². The van der Waals surface area contributed by atoms with E-state index in [-0.39, 0.29) is 11.9 Å². The Balaban J connectivity index is 1.70. The molecule has 28 heavy (non-hydrogen) atoms. The fraction of sp³-hybridized carbons (Fsp3) is 0.429. The molecule has 1 saturated heterocycles. The normalized spacial score (nSPS) is 16.6. The predicted molar refractivity (Wildman–Crippen MR) is 109 cm³/mol. The summed E-state index contributed by atoms with van der Waals surface area (Å²) < 4.78 is 19.3. The van der Waals surface area contributed by atoms with Gasteiger partial charge in [0, 0.05) is 32.4 Å². The Labute approximate surface area is 165 Å². The molecule has 1 unspecified atom stereocenters. The maximum Gasteiger partial charge on any atom is 0.191 e. The van der Waals surface area contributed by atoms with Gasteiger partial charge in [-0.25, -0.2) is 9.38 Å². The SMILES string of the molecule is CCNC(=NCc1ccccn1)NCC(c1cccc(F)c1)N1CCOCC1. The van der Waals surface area contributed by atoms with E-state index in [9.17, 15) is 4.39 Å². The van der Waals surface area contributed by atoms with Crippen molar-refractivity contribution in [2.45, 2.75) is 19.5 Å². The fourth-order valence-corrected chi connectivity index (χ4v) is 3.25. The van der Waals surface area contributed by atoms with Gasteiger partial charge in [0.2, 0.25) is 0 Å². The number of morpholine rings is 1. The van der Waals surface area contributed by atoms with E-state index < -0.39 is 0 Å². The number of halogens is 1. The molecule has 2 heterocycles. The lowest BCUT2D eigenvalue weighted by molar-refractivity contribution is 0.0169. The van der Waals surface area contributed by atoms with E-state index in [1.807, 2.05) is 31.2 Å². The summed E-state index contributed by atoms with van der Waals surface area (Å²) in [6.45, 7) is 6.95. The Hall–Kier alpha value is -2.51. The summed E-state index contributed by atoms with van der Waals surface area (Å²) in [6.07, 6.45) is 1.77. The van der Waals surface area contributed by atoms with Gasteiger partial charge < -0.3 is 15.4 Å². The summed E-state index contributed by atoms with van der Waals surface area (Å²) in [6, 6.07) is 12.7. The topological polar surface area (TPSA) is 61.8 Å². The van der Waals surface area contributed by atoms with Gasteiger partial charge in [0.05, 0.1) is 31.5 Å². The molecule has 0 amide bonds. The molecule has 0 radical (unpaired) electrons. The average Bonchev–Trinajstić information content (AvgIpc) is 2.74. The number of benzene rings is 1. The summed E-state index contributed by atoms with van der Waals surface area (Å²) in [4.78, 5) is 11.3. The van der Waals surface area contributed by atoms with E-state index in [2.05, 4.69) is 25.5 Å². The highest BCUT2D eigenvalue weighted by molar-refractivity contribution is 5.79. The van der Waals surface area contributed by atoms with E-state index in [0.717, 1.165) is 36.9 Å². The van der Waals surface area contributed by atoms with Gasteiger partial charge in [-0.1, -0.05) is 18.2 Å². The van der Waals surface area contributed by atoms with Crippen molar-refractivity contribution in [3.63, 3.8) is 0 Å². The number of ether oxygens (including phenoxy) is 1. The summed E-state index contributed by atoms with van der Waals surface area (Å²) in [5.41, 5.74) is 1.87. The Kier molecular flexibility index (Phi) is 7.75. The first kappa shape index (κ1) is 20.2. The Morgan fingerprint density at radius 2 is 2.07 bits per heavy atom. The molecule has 2 N–H and O–H groups in total. The van der Waals surface area contributed by atoms with Crippen LogP contribution in [-0.4, -0.2) is 55.2 Å². The van der Waals surface area contributed by atoms with Gasteiger partial charge >= 0.3 is 0 Å². The quantitative estimate of drug-likeness (QED) is 0.566. The summed E-state index contributed by atoms with van der Waals surface area (Å²) >= 11 is 0. The highest BCUT2D eigenvalue weighted by atomic mass is 19.1. The van der Waals surface area contributed by atoms with Crippen LogP contribution in [0.4, 0.5) is 4.39 Å². The van der Waals surface area contributed by atoms with Crippen LogP contribution >= 0.6 is 0 Å². The van der Waals surface area contributed by atoms with Gasteiger partial charge in [-0.05, 0) is 36.8 Å². The van der Waals surface area contributed by atoms with Crippen molar-refractivity contribution in [3.8, 4) is 0 Å². The summed E-state index contributed by atoms with van der Waals surface area (Å²) in [7, 11) is 0. The van der Waals surface area contributed by atoms with Crippen molar-refractivity contribution < 1.29 is 9.13 Å². The Bertz CT molecular complexity index is 749. The van der Waals surface area contributed by atoms with Crippen LogP contribution < -0.4 is 10.6 Å². The van der Waals surface area contributed by atoms with E-state index in [1.165, 1.54) is 6.07 Å². The number of pyridine rings is 1. The molecular formula is C21H28FN5O. The van der Waals surface area contributed by atoms with Crippen molar-refractivity contribution in [1.82, 2.24) is 20.5 Å². The van der Waals surface area contributed by atoms with Crippen LogP contribution in [0.5, 0.6) is 0 Å². The molecule has 0 saturated carbocycles. The molecule has 1 fully saturated rings. The number of aromatic nitrogens is 1. The largest absolute Gasteiger partial charge is 0.379 e. The van der Waals surface area contributed by atoms with E-state index >= 15 is 0 Å². The summed E-state index contributed by atoms with van der Waals surface area (Å²) in [5, 5.41) is 6.68. The van der Waals surface area contributed by atoms with Crippen LogP contribution in [0.15, 0.2) is 53.7 Å². The van der Waals surface area contributed by atoms with Crippen LogP contribution in [0, 0.1) is 5.82 Å². The maximum absolute atomic E-state index is 13.8. The molecule has 2 aromatic rings. The third-order valence-electron chi connectivity index (χ3n) is 4.65. The number of nitrogens with one attached hydrogen (secondary N) is 2. The van der Waals surface area contributed by atoms with Gasteiger partial charge in [-0.3, -0.25) is 9.88 Å². The molecule has 7 heteroatoms. The number of guanidine groups is 1. The van der Waals surface area contributed by atoms with Crippen molar-refractivity contribution in [2.75, 3.05) is 39.4 Å². The monoisotopic (exact) mass is 385 g/mol. The second-order valence-corrected chi connectivity index (χ2v) is 6.62. The zero-order valence-electron chi connectivity index (χ0n) is 16.3. The van der Waals surface area contributed by atoms with Crippen LogP contribution in [0.25, 0.3) is 0 Å². The highest BCUT2D eigenvalue weighted by Crippen LogP contribution is 2.22. The predicted octanol–water partition coefficient (Wildman–Crippen LogP) is 2.35. The molecule has 0 aliphatic carbocycles. The van der Waals surface area contributed by atoms with Gasteiger partial charge in [0.15, 0.2) is 5.96 Å². The number of rotatable bonds is 7. The smallest absolute Gasteiger partial charge is 0.191 e. The van der Waals surface area contributed by atoms with Crippen molar-refractivity contribution in [2.24, 2.45) is 4.99 Å². The molecule has 0 bridgehead atoms. The van der Waals surface area contributed by atoms with Crippen LogP contribution in [-0.2, 0) is 11.3 Å². The minimum Gasteiger partial charge on any atom is -0.379 e. The van der Waals surface area contributed by atoms with Gasteiger partial charge in [0.1, 0.15) is 5.82 Å². The lowest BCUT2D eigenvalue weighted by Gasteiger charge is -2.35. The molecule has 1 atom stereocenters. The van der Waals surface area contributed by atoms with Gasteiger partial charge in [0.25, 0.3) is 0 Å². The standard InChI is InChI=1S/C21H28FN5O/c1-2-23-21(25-15-19-8-3-4-9-24-19)26-16-20(27-10-12-28-13-11-27)17-6-5-7-18(22)14-17/h3-9,14,20H,2,10-13,15-16H2,1H3,(H2,23,25,26). The molecule has 1 aliphatic rings. The minimum absolute atomic E-state index is 0.0401. The minimum atomic E-state index is -0.216. The second-order valence-electron chi connectivity index (χ2n) is 6.62. The molecule has 6 nitrogen and oxygen atoms in total. The van der Waals surface area contributed by atoms with E-state index in [0.29, 0.717) is 26.3 Å². The molecule has 150 valence electrons. The lowest BCUT2D eigenvalue weighted by atomic mass is 10.0.